The van der Waals surface area contributed by atoms with E-state index in [1.54, 1.807) is 7.11 Å². The first-order chi connectivity index (χ1) is 6.66. The second-order valence-corrected chi connectivity index (χ2v) is 3.68. The zero-order valence-corrected chi connectivity index (χ0v) is 9.68. The highest BCUT2D eigenvalue weighted by atomic mass is 16.5. The van der Waals surface area contributed by atoms with Crippen LogP contribution in [-0.4, -0.2) is 18.8 Å². The molecule has 1 unspecified atom stereocenters. The Kier molecular flexibility index (Phi) is 6.61. The molecule has 82 valence electrons. The molecule has 0 aliphatic rings. The molecule has 0 fully saturated rings. The molecule has 0 rings (SSSR count). The summed E-state index contributed by atoms with van der Waals surface area (Å²) in [5.74, 6) is 2.63. The fourth-order valence-corrected chi connectivity index (χ4v) is 1.90. The topological polar surface area (TPSA) is 35.2 Å². The highest BCUT2D eigenvalue weighted by Gasteiger charge is 2.32. The van der Waals surface area contributed by atoms with Gasteiger partial charge in [-0.3, -0.25) is 0 Å². The van der Waals surface area contributed by atoms with E-state index >= 15 is 0 Å². The molecule has 0 aliphatic heterocycles. The van der Waals surface area contributed by atoms with Crippen molar-refractivity contribution in [1.29, 1.82) is 0 Å². The van der Waals surface area contributed by atoms with Gasteiger partial charge in [0.1, 0.15) is 0 Å². The van der Waals surface area contributed by atoms with Crippen LogP contribution in [0, 0.1) is 12.3 Å². The standard InChI is InChI=1S/C12H23NO/c1-5-8-9-10-11(13)12(6-2,7-3)14-4/h1,11H,6-10,13H2,2-4H3. The first-order valence-corrected chi connectivity index (χ1v) is 5.41. The van der Waals surface area contributed by atoms with E-state index in [0.29, 0.717) is 0 Å². The number of unbranched alkanes of at least 4 members (excludes halogenated alkanes) is 1. The Hall–Kier alpha value is -0.520. The molecule has 14 heavy (non-hydrogen) atoms. The summed E-state index contributed by atoms with van der Waals surface area (Å²) in [6, 6.07) is 0.0934. The zero-order chi connectivity index (χ0) is 11.0. The molecule has 0 aromatic heterocycles. The van der Waals surface area contributed by atoms with E-state index in [9.17, 15) is 0 Å². The SMILES string of the molecule is C#CCCCC(N)C(CC)(CC)OC. The van der Waals surface area contributed by atoms with E-state index in [1.165, 1.54) is 0 Å². The first kappa shape index (κ1) is 13.5. The third kappa shape index (κ3) is 3.32. The zero-order valence-electron chi connectivity index (χ0n) is 9.68. The first-order valence-electron chi connectivity index (χ1n) is 5.41. The predicted octanol–water partition coefficient (Wildman–Crippen LogP) is 2.32. The Bertz CT molecular complexity index is 171. The number of ether oxygens (including phenoxy) is 1. The normalized spacial score (nSPS) is 13.6. The van der Waals surface area contributed by atoms with Gasteiger partial charge in [0.2, 0.25) is 0 Å². The average Bonchev–Trinajstić information content (AvgIpc) is 2.22. The molecule has 0 spiro atoms. The minimum Gasteiger partial charge on any atom is -0.377 e. The maximum Gasteiger partial charge on any atom is 0.0823 e. The van der Waals surface area contributed by atoms with E-state index in [0.717, 1.165) is 32.1 Å². The molecular weight excluding hydrogens is 174 g/mol. The molecule has 0 radical (unpaired) electrons. The van der Waals surface area contributed by atoms with Gasteiger partial charge in [0.05, 0.1) is 5.60 Å². The molecule has 0 heterocycles. The van der Waals surface area contributed by atoms with Gasteiger partial charge in [-0.25, -0.2) is 0 Å². The fourth-order valence-electron chi connectivity index (χ4n) is 1.90. The highest BCUT2D eigenvalue weighted by Crippen LogP contribution is 2.25. The summed E-state index contributed by atoms with van der Waals surface area (Å²) in [6.45, 7) is 4.24. The summed E-state index contributed by atoms with van der Waals surface area (Å²) >= 11 is 0. The van der Waals surface area contributed by atoms with E-state index in [-0.39, 0.29) is 11.6 Å². The molecule has 0 aliphatic carbocycles. The summed E-state index contributed by atoms with van der Waals surface area (Å²) in [6.07, 6.45) is 9.85. The predicted molar refractivity (Wildman–Crippen MR) is 61.0 cm³/mol. The lowest BCUT2D eigenvalue weighted by molar-refractivity contribution is -0.0397. The van der Waals surface area contributed by atoms with Crippen LogP contribution in [0.1, 0.15) is 46.0 Å². The van der Waals surface area contributed by atoms with Gasteiger partial charge in [0.15, 0.2) is 0 Å². The summed E-state index contributed by atoms with van der Waals surface area (Å²) in [7, 11) is 1.74. The van der Waals surface area contributed by atoms with Crippen LogP contribution < -0.4 is 5.73 Å². The molecule has 0 aromatic rings. The number of hydrogen-bond acceptors (Lipinski definition) is 2. The molecule has 0 aromatic carbocycles. The third-order valence-corrected chi connectivity index (χ3v) is 3.12. The van der Waals surface area contributed by atoms with Gasteiger partial charge in [-0.2, -0.15) is 0 Å². The van der Waals surface area contributed by atoms with Gasteiger partial charge in [-0.05, 0) is 25.7 Å². The van der Waals surface area contributed by atoms with Crippen LogP contribution in [0.4, 0.5) is 0 Å². The van der Waals surface area contributed by atoms with E-state index in [2.05, 4.69) is 19.8 Å². The van der Waals surface area contributed by atoms with Crippen molar-refractivity contribution < 1.29 is 4.74 Å². The maximum absolute atomic E-state index is 6.13. The van der Waals surface area contributed by atoms with Crippen molar-refractivity contribution in [2.24, 2.45) is 5.73 Å². The van der Waals surface area contributed by atoms with Crippen molar-refractivity contribution in [3.05, 3.63) is 0 Å². The summed E-state index contributed by atoms with van der Waals surface area (Å²) in [5, 5.41) is 0. The number of methoxy groups -OCH3 is 1. The Balaban J connectivity index is 4.15. The van der Waals surface area contributed by atoms with E-state index in [4.69, 9.17) is 16.9 Å². The van der Waals surface area contributed by atoms with Crippen LogP contribution in [0.3, 0.4) is 0 Å². The van der Waals surface area contributed by atoms with Crippen LogP contribution in [0.15, 0.2) is 0 Å². The summed E-state index contributed by atoms with van der Waals surface area (Å²) in [4.78, 5) is 0. The Morgan fingerprint density at radius 3 is 2.36 bits per heavy atom. The van der Waals surface area contributed by atoms with Crippen molar-refractivity contribution in [3.63, 3.8) is 0 Å². The average molecular weight is 197 g/mol. The van der Waals surface area contributed by atoms with Gasteiger partial charge in [0, 0.05) is 19.6 Å². The smallest absolute Gasteiger partial charge is 0.0823 e. The molecule has 0 bridgehead atoms. The highest BCUT2D eigenvalue weighted by molar-refractivity contribution is 4.90. The lowest BCUT2D eigenvalue weighted by Gasteiger charge is -2.36. The fraction of sp³-hybridized carbons (Fsp3) is 0.833. The van der Waals surface area contributed by atoms with Crippen molar-refractivity contribution in [2.45, 2.75) is 57.6 Å². The van der Waals surface area contributed by atoms with Crippen molar-refractivity contribution in [1.82, 2.24) is 0 Å². The van der Waals surface area contributed by atoms with Crippen molar-refractivity contribution in [3.8, 4) is 12.3 Å². The number of rotatable bonds is 7. The van der Waals surface area contributed by atoms with E-state index in [1.807, 2.05) is 0 Å². The van der Waals surface area contributed by atoms with Gasteiger partial charge in [0.25, 0.3) is 0 Å². The number of hydrogen-bond donors (Lipinski definition) is 1. The Morgan fingerprint density at radius 2 is 2.00 bits per heavy atom. The van der Waals surface area contributed by atoms with Gasteiger partial charge < -0.3 is 10.5 Å². The number of terminal acetylenes is 1. The molecule has 2 heteroatoms. The lowest BCUT2D eigenvalue weighted by Crippen LogP contribution is -2.48. The molecule has 2 N–H and O–H groups in total. The van der Waals surface area contributed by atoms with Crippen LogP contribution in [0.25, 0.3) is 0 Å². The number of nitrogens with two attached hydrogens (primary N) is 1. The van der Waals surface area contributed by atoms with Crippen LogP contribution in [-0.2, 0) is 4.74 Å². The van der Waals surface area contributed by atoms with Crippen LogP contribution in [0.2, 0.25) is 0 Å². The molecule has 1 atom stereocenters. The molecular formula is C12H23NO. The van der Waals surface area contributed by atoms with Crippen LogP contribution in [0.5, 0.6) is 0 Å². The minimum atomic E-state index is -0.158. The van der Waals surface area contributed by atoms with Crippen LogP contribution >= 0.6 is 0 Å². The summed E-state index contributed by atoms with van der Waals surface area (Å²) in [5.41, 5.74) is 5.97. The molecule has 0 amide bonds. The lowest BCUT2D eigenvalue weighted by atomic mass is 9.86. The minimum absolute atomic E-state index is 0.0934. The molecule has 0 saturated heterocycles. The molecule has 2 nitrogen and oxygen atoms in total. The largest absolute Gasteiger partial charge is 0.377 e. The van der Waals surface area contributed by atoms with Gasteiger partial charge in [-0.1, -0.05) is 13.8 Å². The van der Waals surface area contributed by atoms with Crippen molar-refractivity contribution in [2.75, 3.05) is 7.11 Å². The van der Waals surface area contributed by atoms with Gasteiger partial charge in [-0.15, -0.1) is 12.3 Å². The summed E-state index contributed by atoms with van der Waals surface area (Å²) < 4.78 is 5.55. The molecule has 0 saturated carbocycles. The third-order valence-electron chi connectivity index (χ3n) is 3.12. The van der Waals surface area contributed by atoms with E-state index < -0.39 is 0 Å². The maximum atomic E-state index is 6.13. The van der Waals surface area contributed by atoms with Crippen molar-refractivity contribution >= 4 is 0 Å². The monoisotopic (exact) mass is 197 g/mol. The second-order valence-electron chi connectivity index (χ2n) is 3.68. The Labute approximate surface area is 88.2 Å². The Morgan fingerprint density at radius 1 is 1.43 bits per heavy atom. The quantitative estimate of drug-likeness (QED) is 0.502. The van der Waals surface area contributed by atoms with Gasteiger partial charge >= 0.3 is 0 Å². The second kappa shape index (κ2) is 6.86.